The first-order valence-corrected chi connectivity index (χ1v) is 7.21. The molecule has 0 radical (unpaired) electrons. The molecule has 0 fully saturated rings. The van der Waals surface area contributed by atoms with Crippen LogP contribution >= 0.6 is 11.8 Å². The quantitative estimate of drug-likeness (QED) is 0.536. The van der Waals surface area contributed by atoms with Gasteiger partial charge in [-0.2, -0.15) is 5.26 Å². The third kappa shape index (κ3) is 2.75. The summed E-state index contributed by atoms with van der Waals surface area (Å²) in [6, 6.07) is 18.6. The van der Waals surface area contributed by atoms with Crippen molar-refractivity contribution in [2.45, 2.75) is 9.92 Å². The van der Waals surface area contributed by atoms with E-state index in [1.54, 1.807) is 12.1 Å². The molecule has 0 aliphatic heterocycles. The smallest absolute Gasteiger partial charge is 0.258 e. The van der Waals surface area contributed by atoms with Gasteiger partial charge in [0.15, 0.2) is 0 Å². The Kier molecular flexibility index (Phi) is 3.73. The number of hydrogen-bond donors (Lipinski definition) is 0. The van der Waals surface area contributed by atoms with E-state index in [9.17, 15) is 10.1 Å². The highest BCUT2D eigenvalue weighted by Gasteiger charge is 2.15. The Morgan fingerprint density at radius 1 is 1.09 bits per heavy atom. The molecule has 6 heteroatoms. The van der Waals surface area contributed by atoms with Crippen molar-refractivity contribution < 1.29 is 4.92 Å². The Bertz CT molecular complexity index is 919. The van der Waals surface area contributed by atoms with Gasteiger partial charge in [-0.1, -0.05) is 42.1 Å². The van der Waals surface area contributed by atoms with Crippen LogP contribution in [0.5, 0.6) is 0 Å². The zero-order chi connectivity index (χ0) is 15.5. The predicted molar refractivity (Wildman–Crippen MR) is 83.7 cm³/mol. The molecule has 0 spiro atoms. The lowest BCUT2D eigenvalue weighted by atomic mass is 10.1. The zero-order valence-corrected chi connectivity index (χ0v) is 12.1. The van der Waals surface area contributed by atoms with Crippen LogP contribution < -0.4 is 0 Å². The summed E-state index contributed by atoms with van der Waals surface area (Å²) in [5.41, 5.74) is -0.443. The molecule has 3 aromatic rings. The van der Waals surface area contributed by atoms with Gasteiger partial charge in [-0.15, -0.1) is 0 Å². The van der Waals surface area contributed by atoms with Crippen molar-refractivity contribution in [2.24, 2.45) is 0 Å². The van der Waals surface area contributed by atoms with Crippen LogP contribution in [0.25, 0.3) is 10.8 Å². The van der Waals surface area contributed by atoms with Crippen LogP contribution in [0.15, 0.2) is 64.5 Å². The fraction of sp³-hybridized carbons (Fsp3) is 0. The van der Waals surface area contributed by atoms with E-state index in [0.29, 0.717) is 5.03 Å². The minimum Gasteiger partial charge on any atom is -0.258 e. The van der Waals surface area contributed by atoms with Crippen molar-refractivity contribution >= 4 is 28.2 Å². The Hall–Kier alpha value is -2.91. The van der Waals surface area contributed by atoms with Crippen LogP contribution in [-0.2, 0) is 0 Å². The molecule has 0 saturated carbocycles. The summed E-state index contributed by atoms with van der Waals surface area (Å²) in [5.74, 6) is 0. The molecule has 0 amide bonds. The molecule has 3 rings (SSSR count). The van der Waals surface area contributed by atoms with Gasteiger partial charge < -0.3 is 0 Å². The average molecular weight is 307 g/mol. The zero-order valence-electron chi connectivity index (χ0n) is 11.3. The highest BCUT2D eigenvalue weighted by molar-refractivity contribution is 7.99. The molecule has 0 aliphatic carbocycles. The Labute approximate surface area is 130 Å². The second kappa shape index (κ2) is 5.84. The third-order valence-electron chi connectivity index (χ3n) is 3.09. The maximum absolute atomic E-state index is 10.8. The first-order valence-electron chi connectivity index (χ1n) is 6.39. The fourth-order valence-corrected chi connectivity index (χ4v) is 2.91. The van der Waals surface area contributed by atoms with Gasteiger partial charge in [0, 0.05) is 11.0 Å². The van der Waals surface area contributed by atoms with E-state index in [0.717, 1.165) is 15.7 Å². The van der Waals surface area contributed by atoms with Crippen molar-refractivity contribution in [3.63, 3.8) is 0 Å². The predicted octanol–water partition coefficient (Wildman–Crippen LogP) is 4.17. The number of benzene rings is 2. The third-order valence-corrected chi connectivity index (χ3v) is 4.02. The second-order valence-corrected chi connectivity index (χ2v) is 5.59. The molecule has 106 valence electrons. The number of hydrogen-bond acceptors (Lipinski definition) is 5. The highest BCUT2D eigenvalue weighted by Crippen LogP contribution is 2.30. The largest absolute Gasteiger partial charge is 0.305 e. The SMILES string of the molecule is N#Cc1nc(Sc2ccc3ccccc3c2)ccc1[N+](=O)[O-]. The Morgan fingerprint density at radius 2 is 1.86 bits per heavy atom. The van der Waals surface area contributed by atoms with Gasteiger partial charge in [0.25, 0.3) is 0 Å². The van der Waals surface area contributed by atoms with E-state index in [-0.39, 0.29) is 11.4 Å². The van der Waals surface area contributed by atoms with Gasteiger partial charge in [0.05, 0.1) is 4.92 Å². The number of pyridine rings is 1. The molecule has 2 aromatic carbocycles. The monoisotopic (exact) mass is 307 g/mol. The summed E-state index contributed by atoms with van der Waals surface area (Å²) in [4.78, 5) is 15.2. The molecule has 22 heavy (non-hydrogen) atoms. The first kappa shape index (κ1) is 14.0. The van der Waals surface area contributed by atoms with Crippen molar-refractivity contribution in [1.82, 2.24) is 4.98 Å². The van der Waals surface area contributed by atoms with Crippen LogP contribution in [-0.4, -0.2) is 9.91 Å². The van der Waals surface area contributed by atoms with Crippen LogP contribution in [0.4, 0.5) is 5.69 Å². The van der Waals surface area contributed by atoms with Gasteiger partial charge in [-0.3, -0.25) is 10.1 Å². The number of rotatable bonds is 3. The summed E-state index contributed by atoms with van der Waals surface area (Å²) in [5, 5.41) is 22.6. The maximum Gasteiger partial charge on any atom is 0.305 e. The number of nitro groups is 1. The molecule has 0 aliphatic rings. The Balaban J connectivity index is 1.94. The lowest BCUT2D eigenvalue weighted by Crippen LogP contribution is -1.95. The average Bonchev–Trinajstić information content (AvgIpc) is 2.54. The van der Waals surface area contributed by atoms with Crippen LogP contribution in [0.1, 0.15) is 5.69 Å². The topological polar surface area (TPSA) is 79.8 Å². The normalized spacial score (nSPS) is 10.3. The minimum absolute atomic E-state index is 0.171. The second-order valence-electron chi connectivity index (χ2n) is 4.50. The van der Waals surface area contributed by atoms with E-state index in [1.807, 2.05) is 42.5 Å². The number of nitrogens with zero attached hydrogens (tertiary/aromatic N) is 3. The minimum atomic E-state index is -0.601. The van der Waals surface area contributed by atoms with Crippen molar-refractivity contribution in [3.05, 3.63) is 70.4 Å². The Morgan fingerprint density at radius 3 is 2.59 bits per heavy atom. The van der Waals surface area contributed by atoms with E-state index >= 15 is 0 Å². The van der Waals surface area contributed by atoms with Gasteiger partial charge in [0.2, 0.25) is 5.69 Å². The molecule has 1 aromatic heterocycles. The standard InChI is InChI=1S/C16H9N3O2S/c17-10-14-15(19(20)21)7-8-16(18-14)22-13-6-5-11-3-1-2-4-12(11)9-13/h1-9H. The lowest BCUT2D eigenvalue weighted by molar-refractivity contribution is -0.385. The van der Waals surface area contributed by atoms with Crippen molar-refractivity contribution in [1.29, 1.82) is 5.26 Å². The van der Waals surface area contributed by atoms with Gasteiger partial charge >= 0.3 is 5.69 Å². The molecular weight excluding hydrogens is 298 g/mol. The first-order chi connectivity index (χ1) is 10.7. The molecule has 5 nitrogen and oxygen atoms in total. The van der Waals surface area contributed by atoms with E-state index in [1.165, 1.54) is 17.8 Å². The number of fused-ring (bicyclic) bond motifs is 1. The van der Waals surface area contributed by atoms with Gasteiger partial charge in [0.1, 0.15) is 11.1 Å². The molecule has 0 unspecified atom stereocenters. The lowest BCUT2D eigenvalue weighted by Gasteiger charge is -2.04. The molecule has 0 saturated heterocycles. The molecule has 0 N–H and O–H groups in total. The van der Waals surface area contributed by atoms with E-state index in [2.05, 4.69) is 4.98 Å². The van der Waals surface area contributed by atoms with Crippen LogP contribution in [0, 0.1) is 21.4 Å². The molecule has 1 heterocycles. The fourth-order valence-electron chi connectivity index (χ4n) is 2.07. The van der Waals surface area contributed by atoms with Gasteiger partial charge in [-0.25, -0.2) is 4.98 Å². The summed E-state index contributed by atoms with van der Waals surface area (Å²) in [6.07, 6.45) is 0. The van der Waals surface area contributed by atoms with Crippen LogP contribution in [0.3, 0.4) is 0 Å². The van der Waals surface area contributed by atoms with Crippen molar-refractivity contribution in [2.75, 3.05) is 0 Å². The summed E-state index contributed by atoms with van der Waals surface area (Å²) >= 11 is 1.37. The molecule has 0 bridgehead atoms. The highest BCUT2D eigenvalue weighted by atomic mass is 32.2. The molecular formula is C16H9N3O2S. The van der Waals surface area contributed by atoms with E-state index < -0.39 is 4.92 Å². The number of aromatic nitrogens is 1. The van der Waals surface area contributed by atoms with E-state index in [4.69, 9.17) is 5.26 Å². The summed E-state index contributed by atoms with van der Waals surface area (Å²) < 4.78 is 0. The van der Waals surface area contributed by atoms with Gasteiger partial charge in [-0.05, 0) is 29.0 Å². The summed E-state index contributed by atoms with van der Waals surface area (Å²) in [6.45, 7) is 0. The molecule has 0 atom stereocenters. The van der Waals surface area contributed by atoms with Crippen molar-refractivity contribution in [3.8, 4) is 6.07 Å². The summed E-state index contributed by atoms with van der Waals surface area (Å²) in [7, 11) is 0. The number of nitriles is 1. The van der Waals surface area contributed by atoms with Crippen LogP contribution in [0.2, 0.25) is 0 Å². The maximum atomic E-state index is 10.8.